The van der Waals surface area contributed by atoms with Gasteiger partial charge in [-0.05, 0) is 0 Å². The number of nitrogens with zero attached hydrogens (tertiary/aromatic N) is 3. The first kappa shape index (κ1) is 12.7. The van der Waals surface area contributed by atoms with Gasteiger partial charge in [0.05, 0.1) is 0 Å². The maximum absolute atomic E-state index is 11.8. The summed E-state index contributed by atoms with van der Waals surface area (Å²) in [6.45, 7) is 0. The van der Waals surface area contributed by atoms with Gasteiger partial charge in [0.1, 0.15) is 11.4 Å². The number of carbonyl (C=O) groups excluding carboxylic acids is 2. The van der Waals surface area contributed by atoms with Gasteiger partial charge >= 0.3 is 5.97 Å². The Balaban J connectivity index is 2.06. The maximum Gasteiger partial charge on any atom is 0.353 e. The molecule has 1 aromatic rings. The Morgan fingerprint density at radius 2 is 2.21 bits per heavy atom. The van der Waals surface area contributed by atoms with Crippen LogP contribution in [0.15, 0.2) is 11.2 Å². The number of aromatic carboxylic acids is 1. The Morgan fingerprint density at radius 1 is 1.47 bits per heavy atom. The summed E-state index contributed by atoms with van der Waals surface area (Å²) in [5.74, 6) is -1.76. The van der Waals surface area contributed by atoms with Crippen molar-refractivity contribution in [3.63, 3.8) is 0 Å². The number of H-pyrrole nitrogens is 1. The van der Waals surface area contributed by atoms with Crippen molar-refractivity contribution in [2.45, 2.75) is 12.8 Å². The van der Waals surface area contributed by atoms with E-state index >= 15 is 0 Å². The molecule has 2 amide bonds. The third-order valence-electron chi connectivity index (χ3n) is 2.52. The van der Waals surface area contributed by atoms with Gasteiger partial charge in [0.25, 0.3) is 5.91 Å². The molecule has 0 aliphatic carbocycles. The summed E-state index contributed by atoms with van der Waals surface area (Å²) < 4.78 is 0. The number of carbonyl (C=O) groups is 3. The van der Waals surface area contributed by atoms with Crippen LogP contribution in [-0.2, 0) is 9.59 Å². The van der Waals surface area contributed by atoms with Gasteiger partial charge in [-0.25, -0.2) is 9.80 Å². The second kappa shape index (κ2) is 4.88. The zero-order valence-corrected chi connectivity index (χ0v) is 10.0. The largest absolute Gasteiger partial charge is 0.477 e. The number of anilines is 1. The van der Waals surface area contributed by atoms with Crippen LogP contribution in [0, 0.1) is 0 Å². The van der Waals surface area contributed by atoms with E-state index in [0.717, 1.165) is 5.01 Å². The summed E-state index contributed by atoms with van der Waals surface area (Å²) in [4.78, 5) is 33.7. The molecule has 1 aliphatic heterocycles. The Bertz CT molecular complexity index is 576. The van der Waals surface area contributed by atoms with Gasteiger partial charge < -0.3 is 10.4 Å². The third-order valence-corrected chi connectivity index (χ3v) is 2.52. The second-order valence-electron chi connectivity index (χ2n) is 3.89. The molecule has 2 heterocycles. The first-order chi connectivity index (χ1) is 8.97. The fourth-order valence-electron chi connectivity index (χ4n) is 1.52. The Kier molecular flexibility index (Phi) is 3.27. The lowest BCUT2D eigenvalue weighted by Gasteiger charge is -2.18. The highest BCUT2D eigenvalue weighted by atomic mass is 16.4. The third kappa shape index (κ3) is 2.76. The molecule has 9 heteroatoms. The van der Waals surface area contributed by atoms with Gasteiger partial charge in [0.15, 0.2) is 5.82 Å². The summed E-state index contributed by atoms with van der Waals surface area (Å²) >= 11 is 0. The molecule has 0 bridgehead atoms. The van der Waals surface area contributed by atoms with E-state index in [1.165, 1.54) is 13.1 Å². The molecular formula is C10H11N5O4. The van der Waals surface area contributed by atoms with Crippen LogP contribution >= 0.6 is 0 Å². The summed E-state index contributed by atoms with van der Waals surface area (Å²) in [7, 11) is 1.46. The number of amides is 2. The van der Waals surface area contributed by atoms with Crippen molar-refractivity contribution in [1.29, 1.82) is 0 Å². The first-order valence-electron chi connectivity index (χ1n) is 5.41. The van der Waals surface area contributed by atoms with Crippen LogP contribution in [0.25, 0.3) is 0 Å². The van der Waals surface area contributed by atoms with Gasteiger partial charge in [-0.15, -0.1) is 0 Å². The predicted molar refractivity (Wildman–Crippen MR) is 63.6 cm³/mol. The molecule has 1 aliphatic rings. The lowest BCUT2D eigenvalue weighted by atomic mass is 10.1. The molecule has 0 radical (unpaired) electrons. The number of hydrogen-bond donors (Lipinski definition) is 3. The molecular weight excluding hydrogens is 254 g/mol. The van der Waals surface area contributed by atoms with Crippen molar-refractivity contribution in [3.8, 4) is 0 Å². The first-order valence-corrected chi connectivity index (χ1v) is 5.41. The molecule has 0 aromatic carbocycles. The van der Waals surface area contributed by atoms with Crippen LogP contribution in [-0.4, -0.2) is 50.9 Å². The van der Waals surface area contributed by atoms with E-state index in [4.69, 9.17) is 5.11 Å². The second-order valence-corrected chi connectivity index (χ2v) is 3.89. The Morgan fingerprint density at radius 3 is 2.79 bits per heavy atom. The minimum atomic E-state index is -1.17. The SMILES string of the molecule is CN1N=C(C(=O)Nc2cc(C(=O)O)[nH]n2)CCC1=O. The number of carboxylic acid groups (broad SMARTS) is 1. The average Bonchev–Trinajstić information content (AvgIpc) is 2.81. The van der Waals surface area contributed by atoms with Crippen molar-refractivity contribution in [3.05, 3.63) is 11.8 Å². The molecule has 19 heavy (non-hydrogen) atoms. The van der Waals surface area contributed by atoms with Gasteiger partial charge in [-0.1, -0.05) is 0 Å². The molecule has 0 atom stereocenters. The van der Waals surface area contributed by atoms with Crippen molar-refractivity contribution in [2.75, 3.05) is 12.4 Å². The molecule has 9 nitrogen and oxygen atoms in total. The van der Waals surface area contributed by atoms with Crippen LogP contribution < -0.4 is 5.32 Å². The zero-order chi connectivity index (χ0) is 14.0. The fraction of sp³-hybridized carbons (Fsp3) is 0.300. The number of hydrazone groups is 1. The highest BCUT2D eigenvalue weighted by Crippen LogP contribution is 2.10. The molecule has 100 valence electrons. The lowest BCUT2D eigenvalue weighted by Crippen LogP contribution is -2.34. The van der Waals surface area contributed by atoms with Gasteiger partial charge in [0.2, 0.25) is 5.91 Å². The number of rotatable bonds is 3. The van der Waals surface area contributed by atoms with Crippen LogP contribution in [0.3, 0.4) is 0 Å². The lowest BCUT2D eigenvalue weighted by molar-refractivity contribution is -0.130. The molecule has 0 unspecified atom stereocenters. The van der Waals surface area contributed by atoms with E-state index in [2.05, 4.69) is 20.6 Å². The molecule has 2 rings (SSSR count). The molecule has 0 saturated heterocycles. The summed E-state index contributed by atoms with van der Waals surface area (Å²) in [5.41, 5.74) is 0.0650. The minimum absolute atomic E-state index is 0.0876. The van der Waals surface area contributed by atoms with E-state index in [1.807, 2.05) is 0 Å². The van der Waals surface area contributed by atoms with E-state index in [9.17, 15) is 14.4 Å². The zero-order valence-electron chi connectivity index (χ0n) is 10.0. The van der Waals surface area contributed by atoms with E-state index in [0.29, 0.717) is 0 Å². The van der Waals surface area contributed by atoms with Crippen LogP contribution in [0.2, 0.25) is 0 Å². The Hall–Kier alpha value is -2.71. The molecule has 3 N–H and O–H groups in total. The summed E-state index contributed by atoms with van der Waals surface area (Å²) in [6.07, 6.45) is 0.453. The van der Waals surface area contributed by atoms with Gasteiger partial charge in [-0.2, -0.15) is 10.2 Å². The number of hydrogen-bond acceptors (Lipinski definition) is 5. The quantitative estimate of drug-likeness (QED) is 0.688. The monoisotopic (exact) mass is 265 g/mol. The van der Waals surface area contributed by atoms with Crippen molar-refractivity contribution >= 4 is 29.3 Å². The number of aromatic amines is 1. The van der Waals surface area contributed by atoms with Gasteiger partial charge in [-0.3, -0.25) is 14.7 Å². The highest BCUT2D eigenvalue weighted by molar-refractivity contribution is 6.43. The molecule has 0 saturated carbocycles. The smallest absolute Gasteiger partial charge is 0.353 e. The predicted octanol–water partition coefficient (Wildman–Crippen LogP) is -0.345. The topological polar surface area (TPSA) is 128 Å². The number of carboxylic acids is 1. The van der Waals surface area contributed by atoms with Crippen molar-refractivity contribution < 1.29 is 19.5 Å². The van der Waals surface area contributed by atoms with Crippen molar-refractivity contribution in [2.24, 2.45) is 5.10 Å². The van der Waals surface area contributed by atoms with Crippen LogP contribution in [0.4, 0.5) is 5.82 Å². The summed E-state index contributed by atoms with van der Waals surface area (Å²) in [6, 6.07) is 1.19. The standard InChI is InChI=1S/C10H11N5O4/c1-15-8(16)3-2-5(14-15)9(17)11-7-4-6(10(18)19)12-13-7/h4H,2-3H2,1H3,(H,18,19)(H2,11,12,13,17). The minimum Gasteiger partial charge on any atom is -0.477 e. The maximum atomic E-state index is 11.8. The average molecular weight is 265 g/mol. The normalized spacial score (nSPS) is 15.1. The van der Waals surface area contributed by atoms with Crippen molar-refractivity contribution in [1.82, 2.24) is 15.2 Å². The fourth-order valence-corrected chi connectivity index (χ4v) is 1.52. The van der Waals surface area contributed by atoms with Crippen LogP contribution in [0.5, 0.6) is 0 Å². The number of nitrogens with one attached hydrogen (secondary N) is 2. The molecule has 0 fully saturated rings. The number of aromatic nitrogens is 2. The van der Waals surface area contributed by atoms with Crippen LogP contribution in [0.1, 0.15) is 23.3 Å². The summed E-state index contributed by atoms with van der Waals surface area (Å²) in [5, 5.41) is 21.9. The van der Waals surface area contributed by atoms with Gasteiger partial charge in [0, 0.05) is 26.0 Å². The van der Waals surface area contributed by atoms with E-state index in [1.54, 1.807) is 0 Å². The molecule has 1 aromatic heterocycles. The molecule has 0 spiro atoms. The van der Waals surface area contributed by atoms with E-state index in [-0.39, 0.29) is 36.0 Å². The Labute approximate surface area is 107 Å². The van der Waals surface area contributed by atoms with E-state index < -0.39 is 11.9 Å². The highest BCUT2D eigenvalue weighted by Gasteiger charge is 2.22.